The number of hydrogen-bond acceptors (Lipinski definition) is 7. The molecule has 0 spiro atoms. The van der Waals surface area contributed by atoms with E-state index in [4.69, 9.17) is 28.2 Å². The molecule has 3 aliphatic heterocycles. The summed E-state index contributed by atoms with van der Waals surface area (Å²) in [5.41, 5.74) is 6.88. The van der Waals surface area contributed by atoms with Gasteiger partial charge in [-0.05, 0) is 72.2 Å². The Kier molecular flexibility index (Phi) is 8.01. The molecule has 10 heteroatoms. The number of benzene rings is 2. The second kappa shape index (κ2) is 11.6. The summed E-state index contributed by atoms with van der Waals surface area (Å²) in [6.07, 6.45) is -0.239. The maximum atomic E-state index is 13.4. The first kappa shape index (κ1) is 33.7. The third kappa shape index (κ3) is 5.55. The lowest BCUT2D eigenvalue weighted by Crippen LogP contribution is -2.34. The lowest BCUT2D eigenvalue weighted by Gasteiger charge is -2.39. The number of esters is 1. The first-order chi connectivity index (χ1) is 23.0. The number of rotatable bonds is 6. The van der Waals surface area contributed by atoms with E-state index in [1.54, 1.807) is 7.11 Å². The fraction of sp³-hybridized carbons (Fsp3) is 0.462. The van der Waals surface area contributed by atoms with Crippen LogP contribution in [0, 0.1) is 0 Å². The van der Waals surface area contributed by atoms with E-state index < -0.39 is 26.1 Å². The summed E-state index contributed by atoms with van der Waals surface area (Å²) in [5.74, 6) is 2.17. The Hall–Kier alpha value is -3.78. The van der Waals surface area contributed by atoms with Crippen molar-refractivity contribution in [1.29, 1.82) is 0 Å². The van der Waals surface area contributed by atoms with E-state index in [9.17, 15) is 4.79 Å². The highest BCUT2D eigenvalue weighted by Crippen LogP contribution is 2.59. The lowest BCUT2D eigenvalue weighted by atomic mass is 9.72. The van der Waals surface area contributed by atoms with Crippen molar-refractivity contribution in [1.82, 2.24) is 8.68 Å². The number of carbonyl (C=O) groups is 1. The second-order valence-electron chi connectivity index (χ2n) is 15.6. The van der Waals surface area contributed by atoms with Gasteiger partial charge in [-0.15, -0.1) is 0 Å². The summed E-state index contributed by atoms with van der Waals surface area (Å²) in [5, 5.41) is 0. The molecule has 0 aliphatic carbocycles. The summed E-state index contributed by atoms with van der Waals surface area (Å²) in [4.78, 5) is 13.4. The predicted octanol–water partition coefficient (Wildman–Crippen LogP) is 9.50. The fourth-order valence-corrected chi connectivity index (χ4v) is 8.85. The van der Waals surface area contributed by atoms with Gasteiger partial charge in [0.1, 0.15) is 5.69 Å². The first-order valence-corrected chi connectivity index (χ1v) is 18.2. The number of aromatic nitrogens is 2. The molecular weight excluding hydrogens is 639 g/mol. The smallest absolute Gasteiger partial charge is 0.355 e. The molecule has 0 bridgehead atoms. The van der Waals surface area contributed by atoms with Gasteiger partial charge in [0.05, 0.1) is 19.4 Å². The Labute approximate surface area is 290 Å². The van der Waals surface area contributed by atoms with Crippen LogP contribution in [0.2, 0.25) is 0 Å². The average Bonchev–Trinajstić information content (AvgIpc) is 3.63. The second-order valence-corrected chi connectivity index (χ2v) is 17.1. The number of ether oxygens (including phenoxy) is 5. The molecule has 1 unspecified atom stereocenters. The first-order valence-electron chi connectivity index (χ1n) is 17.0. The van der Waals surface area contributed by atoms with Gasteiger partial charge in [0.25, 0.3) is 0 Å². The molecule has 1 saturated heterocycles. The molecule has 1 atom stereocenters. The normalized spacial score (nSPS) is 20.6. The Balaban J connectivity index is 1.44. The van der Waals surface area contributed by atoms with E-state index in [-0.39, 0.29) is 23.7 Å². The zero-order valence-corrected chi connectivity index (χ0v) is 31.3. The number of nitrogens with zero attached hydrogens (tertiary/aromatic N) is 2. The fourth-order valence-electron chi connectivity index (χ4n) is 6.79. The van der Waals surface area contributed by atoms with Gasteiger partial charge in [-0.3, -0.25) is 8.68 Å². The number of carbonyl (C=O) groups excluding carboxylic acids is 1. The molecule has 2 aromatic heterocycles. The summed E-state index contributed by atoms with van der Waals surface area (Å²) >= 11 is 0. The van der Waals surface area contributed by atoms with Crippen molar-refractivity contribution in [3.8, 4) is 23.0 Å². The van der Waals surface area contributed by atoms with Crippen molar-refractivity contribution in [2.24, 2.45) is 0 Å². The Morgan fingerprint density at radius 3 is 2.02 bits per heavy atom. The van der Waals surface area contributed by atoms with E-state index in [0.717, 1.165) is 33.8 Å². The van der Waals surface area contributed by atoms with Crippen molar-refractivity contribution < 1.29 is 33.0 Å². The molecule has 7 rings (SSSR count). The maximum Gasteiger partial charge on any atom is 0.355 e. The molecular formula is C39H47N2O7P. The van der Waals surface area contributed by atoms with Gasteiger partial charge in [0, 0.05) is 34.4 Å². The highest BCUT2D eigenvalue weighted by molar-refractivity contribution is 7.50. The summed E-state index contributed by atoms with van der Waals surface area (Å²) < 4.78 is 41.8. The largest absolute Gasteiger partial charge is 0.493 e. The Morgan fingerprint density at radius 1 is 0.878 bits per heavy atom. The van der Waals surface area contributed by atoms with E-state index in [1.165, 1.54) is 5.56 Å². The molecule has 49 heavy (non-hydrogen) atoms. The van der Waals surface area contributed by atoms with Gasteiger partial charge in [-0.25, -0.2) is 4.79 Å². The van der Waals surface area contributed by atoms with E-state index in [0.29, 0.717) is 35.1 Å². The standard InChI is InChI=1S/C39H47N2O7P/c1-12-44-35(42)29-15-13-25-21-26-14-16-30(36-45-22(2)46-36)41(26)49(40(25)29)48-32-20-24(38(6,7)8)18-28-34(32)47-33-27(39(28,9)10)17-23(37(3,4)5)19-31(33)43-11/h13-20,22,36H,12,21H2,1-11H3. The van der Waals surface area contributed by atoms with Gasteiger partial charge in [-0.1, -0.05) is 67.5 Å². The van der Waals surface area contributed by atoms with E-state index >= 15 is 0 Å². The summed E-state index contributed by atoms with van der Waals surface area (Å²) in [6, 6.07) is 16.6. The topological polar surface area (TPSA) is 82.3 Å². The zero-order valence-electron chi connectivity index (χ0n) is 30.4. The van der Waals surface area contributed by atoms with Gasteiger partial charge < -0.3 is 28.2 Å². The monoisotopic (exact) mass is 686 g/mol. The molecule has 2 aromatic carbocycles. The molecule has 9 nitrogen and oxygen atoms in total. The number of hydrogen-bond donors (Lipinski definition) is 0. The summed E-state index contributed by atoms with van der Waals surface area (Å²) in [6.45, 7) is 21.6. The minimum atomic E-state index is -1.74. The third-order valence-corrected chi connectivity index (χ3v) is 11.8. The SMILES string of the molecule is CCOC(=O)c1ccc2n1P(Oc1cc(C(C)(C)C)cc3c1Oc1c(OC)cc(C(C)(C)C)cc1C3(C)C)n1c(ccc1C1OC(C)O1)C2. The molecule has 3 aliphatic rings. The van der Waals surface area contributed by atoms with Crippen LogP contribution in [0.15, 0.2) is 48.5 Å². The quantitative estimate of drug-likeness (QED) is 0.148. The van der Waals surface area contributed by atoms with Crippen molar-refractivity contribution >= 4 is 14.4 Å². The van der Waals surface area contributed by atoms with E-state index in [2.05, 4.69) is 90.1 Å². The molecule has 5 heterocycles. The van der Waals surface area contributed by atoms with Crippen LogP contribution in [-0.2, 0) is 36.9 Å². The minimum absolute atomic E-state index is 0.0905. The van der Waals surface area contributed by atoms with Crippen LogP contribution in [0.5, 0.6) is 23.0 Å². The van der Waals surface area contributed by atoms with Gasteiger partial charge in [-0.2, -0.15) is 0 Å². The van der Waals surface area contributed by atoms with Gasteiger partial charge >= 0.3 is 14.4 Å². The third-order valence-electron chi connectivity index (χ3n) is 9.75. The average molecular weight is 687 g/mol. The molecule has 0 saturated carbocycles. The van der Waals surface area contributed by atoms with Crippen LogP contribution < -0.4 is 14.0 Å². The molecule has 260 valence electrons. The highest BCUT2D eigenvalue weighted by atomic mass is 31.2. The number of fused-ring (bicyclic) bond motifs is 4. The molecule has 0 radical (unpaired) electrons. The highest BCUT2D eigenvalue weighted by Gasteiger charge is 2.43. The van der Waals surface area contributed by atoms with Crippen LogP contribution in [-0.4, -0.2) is 34.7 Å². The molecule has 0 amide bonds. The minimum Gasteiger partial charge on any atom is -0.493 e. The van der Waals surface area contributed by atoms with Crippen molar-refractivity contribution in [3.05, 3.63) is 93.6 Å². The summed E-state index contributed by atoms with van der Waals surface area (Å²) in [7, 11) is -0.0563. The van der Waals surface area contributed by atoms with Gasteiger partial charge in [0.2, 0.25) is 6.29 Å². The molecule has 4 aromatic rings. The van der Waals surface area contributed by atoms with Crippen LogP contribution >= 0.6 is 8.45 Å². The predicted molar refractivity (Wildman–Crippen MR) is 189 cm³/mol. The van der Waals surface area contributed by atoms with Crippen LogP contribution in [0.4, 0.5) is 0 Å². The van der Waals surface area contributed by atoms with Crippen LogP contribution in [0.1, 0.15) is 125 Å². The van der Waals surface area contributed by atoms with E-state index in [1.807, 2.05) is 36.4 Å². The van der Waals surface area contributed by atoms with Gasteiger partial charge in [0.15, 0.2) is 29.3 Å². The lowest BCUT2D eigenvalue weighted by molar-refractivity contribution is -0.384. The Bertz CT molecular complexity index is 1950. The van der Waals surface area contributed by atoms with Crippen LogP contribution in [0.3, 0.4) is 0 Å². The zero-order chi connectivity index (χ0) is 35.2. The van der Waals surface area contributed by atoms with Crippen LogP contribution in [0.25, 0.3) is 0 Å². The molecule has 0 N–H and O–H groups in total. The van der Waals surface area contributed by atoms with Crippen molar-refractivity contribution in [2.75, 3.05) is 13.7 Å². The Morgan fingerprint density at radius 2 is 1.45 bits per heavy atom. The van der Waals surface area contributed by atoms with Crippen molar-refractivity contribution in [2.45, 2.75) is 104 Å². The van der Waals surface area contributed by atoms with Crippen molar-refractivity contribution in [3.63, 3.8) is 0 Å². The number of methoxy groups -OCH3 is 1. The maximum absolute atomic E-state index is 13.4. The molecule has 1 fully saturated rings.